The van der Waals surface area contributed by atoms with Crippen molar-refractivity contribution in [3.63, 3.8) is 0 Å². The topological polar surface area (TPSA) is 55.8 Å². The zero-order valence-corrected chi connectivity index (χ0v) is 9.33. The number of ether oxygens (including phenoxy) is 2. The van der Waals surface area contributed by atoms with Crippen molar-refractivity contribution < 1.29 is 19.4 Å². The summed E-state index contributed by atoms with van der Waals surface area (Å²) in [6.07, 6.45) is 1.13. The lowest BCUT2D eigenvalue weighted by Crippen LogP contribution is -2.70. The molecule has 1 saturated heterocycles. The van der Waals surface area contributed by atoms with Gasteiger partial charge < -0.3 is 14.6 Å². The van der Waals surface area contributed by atoms with Crippen LogP contribution in [0.5, 0.6) is 0 Å². The molecule has 1 aliphatic heterocycles. The molecule has 4 heteroatoms. The third kappa shape index (κ3) is 0.473. The maximum atomic E-state index is 11.9. The van der Waals surface area contributed by atoms with Crippen molar-refractivity contribution in [3.8, 4) is 0 Å². The summed E-state index contributed by atoms with van der Waals surface area (Å²) in [6.45, 7) is 1.31. The van der Waals surface area contributed by atoms with Crippen LogP contribution in [-0.2, 0) is 14.3 Å². The van der Waals surface area contributed by atoms with Crippen LogP contribution in [0.1, 0.15) is 6.42 Å². The maximum absolute atomic E-state index is 11.9. The Morgan fingerprint density at radius 3 is 2.65 bits per heavy atom. The molecule has 7 aliphatic rings. The van der Waals surface area contributed by atoms with E-state index >= 15 is 0 Å². The molecule has 4 bridgehead atoms. The second kappa shape index (κ2) is 1.95. The fraction of sp³-hybridized carbons (Fsp3) is 0.923. The van der Waals surface area contributed by atoms with Gasteiger partial charge in [-0.2, -0.15) is 0 Å². The second-order valence-electron chi connectivity index (χ2n) is 6.85. The van der Waals surface area contributed by atoms with Gasteiger partial charge in [-0.25, -0.2) is 0 Å². The highest BCUT2D eigenvalue weighted by Crippen LogP contribution is 2.96. The van der Waals surface area contributed by atoms with E-state index < -0.39 is 17.2 Å². The summed E-state index contributed by atoms with van der Waals surface area (Å²) < 4.78 is 11.9. The molecule has 17 heavy (non-hydrogen) atoms. The van der Waals surface area contributed by atoms with Crippen LogP contribution in [0.25, 0.3) is 0 Å². The summed E-state index contributed by atoms with van der Waals surface area (Å²) in [6, 6.07) is 0. The van der Waals surface area contributed by atoms with Crippen molar-refractivity contribution in [2.75, 3.05) is 13.2 Å². The van der Waals surface area contributed by atoms with E-state index in [1.807, 2.05) is 0 Å². The Morgan fingerprint density at radius 1 is 1.18 bits per heavy atom. The molecule has 0 unspecified atom stereocenters. The number of carbonyl (C=O) groups is 1. The van der Waals surface area contributed by atoms with E-state index in [0.717, 1.165) is 12.3 Å². The van der Waals surface area contributed by atoms with Gasteiger partial charge in [0, 0.05) is 11.8 Å². The molecular formula is C13H14O4. The zero-order valence-electron chi connectivity index (χ0n) is 9.33. The van der Waals surface area contributed by atoms with Gasteiger partial charge in [0.05, 0.1) is 18.6 Å². The number of carboxylic acids is 1. The van der Waals surface area contributed by atoms with Crippen molar-refractivity contribution in [2.45, 2.75) is 12.2 Å². The highest BCUT2D eigenvalue weighted by atomic mass is 16.7. The first kappa shape index (κ1) is 8.48. The number of rotatable bonds is 1. The molecular weight excluding hydrogens is 220 g/mol. The largest absolute Gasteiger partial charge is 0.481 e. The van der Waals surface area contributed by atoms with Crippen LogP contribution in [0.15, 0.2) is 0 Å². The normalized spacial score (nSPS) is 69.8. The fourth-order valence-electron chi connectivity index (χ4n) is 7.51. The van der Waals surface area contributed by atoms with Crippen LogP contribution in [0.2, 0.25) is 0 Å². The number of aliphatic carboxylic acids is 1. The molecule has 1 spiro atoms. The molecule has 6 aliphatic carbocycles. The lowest BCUT2D eigenvalue weighted by Gasteiger charge is -2.67. The first-order valence-electron chi connectivity index (χ1n) is 6.76. The lowest BCUT2D eigenvalue weighted by atomic mass is 9.34. The minimum absolute atomic E-state index is 0.171. The molecule has 0 aromatic heterocycles. The van der Waals surface area contributed by atoms with Gasteiger partial charge in [-0.15, -0.1) is 0 Å². The summed E-state index contributed by atoms with van der Waals surface area (Å²) in [5.74, 6) is 2.44. The average Bonchev–Trinajstić information content (AvgIpc) is 2.92. The van der Waals surface area contributed by atoms with E-state index in [1.54, 1.807) is 0 Å². The summed E-state index contributed by atoms with van der Waals surface area (Å²) in [7, 11) is 0. The summed E-state index contributed by atoms with van der Waals surface area (Å²) in [4.78, 5) is 11.9. The lowest BCUT2D eigenvalue weighted by molar-refractivity contribution is -0.252. The van der Waals surface area contributed by atoms with Gasteiger partial charge >= 0.3 is 5.97 Å². The molecule has 6 saturated carbocycles. The quantitative estimate of drug-likeness (QED) is 0.720. The molecule has 0 radical (unpaired) electrons. The molecule has 0 aromatic carbocycles. The number of hydrogen-bond acceptors (Lipinski definition) is 3. The van der Waals surface area contributed by atoms with Crippen molar-refractivity contribution in [1.82, 2.24) is 0 Å². The molecule has 7 rings (SSSR count). The van der Waals surface area contributed by atoms with E-state index in [2.05, 4.69) is 0 Å². The SMILES string of the molecule is O=C(O)[C@@]12[C@H]3[C@H]4[C@H]5[C@H](C[C@@H]41)[C@H]2C1(OCCO1)[C@@H]53. The van der Waals surface area contributed by atoms with E-state index in [-0.39, 0.29) is 5.92 Å². The highest BCUT2D eigenvalue weighted by molar-refractivity contribution is 5.82. The summed E-state index contributed by atoms with van der Waals surface area (Å²) >= 11 is 0. The van der Waals surface area contributed by atoms with Gasteiger partial charge in [0.1, 0.15) is 0 Å². The second-order valence-corrected chi connectivity index (χ2v) is 6.85. The highest BCUT2D eigenvalue weighted by Gasteiger charge is 3.00. The standard InChI is InChI=1S/C13H14O4/c14-11(15)12-5-3-4-6-7(5)8(12)9(6)13(10(4)12)16-1-2-17-13/h4-10H,1-3H2,(H,14,15)/t4-,5-,6+,7+,8-,9-,10+,12+/m0/s1. The predicted molar refractivity (Wildman–Crippen MR) is 53.8 cm³/mol. The minimum Gasteiger partial charge on any atom is -0.481 e. The van der Waals surface area contributed by atoms with Gasteiger partial charge in [0.25, 0.3) is 0 Å². The molecule has 0 aromatic rings. The van der Waals surface area contributed by atoms with Gasteiger partial charge in [-0.3, -0.25) is 4.79 Å². The number of hydrogen-bond donors (Lipinski definition) is 1. The Kier molecular flexibility index (Phi) is 0.975. The van der Waals surface area contributed by atoms with Crippen LogP contribution >= 0.6 is 0 Å². The van der Waals surface area contributed by atoms with Crippen LogP contribution in [-0.4, -0.2) is 30.1 Å². The van der Waals surface area contributed by atoms with E-state index in [0.29, 0.717) is 42.8 Å². The molecule has 7 fully saturated rings. The van der Waals surface area contributed by atoms with Gasteiger partial charge in [-0.05, 0) is 36.0 Å². The third-order valence-electron chi connectivity index (χ3n) is 7.26. The smallest absolute Gasteiger partial charge is 0.310 e. The van der Waals surface area contributed by atoms with E-state index in [1.165, 1.54) is 0 Å². The predicted octanol–water partition coefficient (Wildman–Crippen LogP) is 0.572. The van der Waals surface area contributed by atoms with Crippen LogP contribution < -0.4 is 0 Å². The van der Waals surface area contributed by atoms with Gasteiger partial charge in [0.2, 0.25) is 0 Å². The van der Waals surface area contributed by atoms with Gasteiger partial charge in [0.15, 0.2) is 5.79 Å². The van der Waals surface area contributed by atoms with Crippen LogP contribution in [0, 0.1) is 46.8 Å². The fourth-order valence-corrected chi connectivity index (χ4v) is 7.51. The van der Waals surface area contributed by atoms with E-state index in [4.69, 9.17) is 9.47 Å². The van der Waals surface area contributed by atoms with Crippen molar-refractivity contribution in [1.29, 1.82) is 0 Å². The summed E-state index contributed by atoms with van der Waals surface area (Å²) in [5, 5.41) is 9.76. The van der Waals surface area contributed by atoms with E-state index in [9.17, 15) is 9.90 Å². The molecule has 4 nitrogen and oxygen atoms in total. The van der Waals surface area contributed by atoms with Crippen molar-refractivity contribution >= 4 is 5.97 Å². The van der Waals surface area contributed by atoms with Crippen LogP contribution in [0.4, 0.5) is 0 Å². The number of carboxylic acid groups (broad SMARTS) is 1. The molecule has 1 heterocycles. The Labute approximate surface area is 98.3 Å². The van der Waals surface area contributed by atoms with Crippen molar-refractivity contribution in [2.24, 2.45) is 46.8 Å². The third-order valence-corrected chi connectivity index (χ3v) is 7.26. The Hall–Kier alpha value is -0.610. The minimum atomic E-state index is -0.560. The first-order valence-corrected chi connectivity index (χ1v) is 6.76. The average molecular weight is 234 g/mol. The first-order chi connectivity index (χ1) is 8.24. The Bertz CT molecular complexity index is 482. The zero-order chi connectivity index (χ0) is 11.2. The Morgan fingerprint density at radius 2 is 1.94 bits per heavy atom. The molecule has 90 valence electrons. The molecule has 0 amide bonds. The molecule has 1 N–H and O–H groups in total. The summed E-state index contributed by atoms with van der Waals surface area (Å²) in [5.41, 5.74) is -0.445. The van der Waals surface area contributed by atoms with Crippen LogP contribution in [0.3, 0.4) is 0 Å². The van der Waals surface area contributed by atoms with Crippen molar-refractivity contribution in [3.05, 3.63) is 0 Å². The maximum Gasteiger partial charge on any atom is 0.310 e. The van der Waals surface area contributed by atoms with Gasteiger partial charge in [-0.1, -0.05) is 0 Å². The monoisotopic (exact) mass is 234 g/mol. The molecule has 8 atom stereocenters. The Balaban J connectivity index is 1.64.